The summed E-state index contributed by atoms with van der Waals surface area (Å²) in [7, 11) is -2.83. The molecule has 0 bridgehead atoms. The fraction of sp³-hybridized carbons (Fsp3) is 1.00. The highest BCUT2D eigenvalue weighted by molar-refractivity contribution is 7.33. The molecule has 152 valence electrons. The number of hydrogen-bond donors (Lipinski definition) is 8. The van der Waals surface area contributed by atoms with Crippen LogP contribution in [0, 0.1) is 0 Å². The van der Waals surface area contributed by atoms with Gasteiger partial charge in [0.05, 0.1) is 0 Å². The highest BCUT2D eigenvalue weighted by Crippen LogP contribution is 2.29. The molecule has 2 unspecified atom stereocenters. The maximum absolute atomic E-state index is 11.7. The van der Waals surface area contributed by atoms with Crippen LogP contribution in [-0.2, 0) is 23.1 Å². The molecular weight excluding hydrogens is 383 g/mol. The molecule has 8 N–H and O–H groups in total. The van der Waals surface area contributed by atoms with E-state index in [0.717, 1.165) is 0 Å². The Bertz CT molecular complexity index is 440. The van der Waals surface area contributed by atoms with Gasteiger partial charge in [0.1, 0.15) is 62.0 Å². The first-order valence-electron chi connectivity index (χ1n) is 7.62. The van der Waals surface area contributed by atoms with E-state index in [2.05, 4.69) is 0 Å². The molecule has 0 spiro atoms. The lowest BCUT2D eigenvalue weighted by molar-refractivity contribution is -0.287. The molecule has 26 heavy (non-hydrogen) atoms. The minimum absolute atomic E-state index is 0.574. The molecule has 2 aliphatic heterocycles. The van der Waals surface area contributed by atoms with Crippen LogP contribution in [0.25, 0.3) is 0 Å². The quantitative estimate of drug-likeness (QED) is 0.195. The molecular formula is C12H22O13P+. The first-order valence-corrected chi connectivity index (χ1v) is 8.71. The summed E-state index contributed by atoms with van der Waals surface area (Å²) in [6.07, 6.45) is -16.2. The number of aliphatic hydroxyl groups excluding tert-OH is 8. The lowest BCUT2D eigenvalue weighted by atomic mass is 10.00. The Morgan fingerprint density at radius 2 is 0.962 bits per heavy atom. The maximum atomic E-state index is 11.7. The fourth-order valence-corrected chi connectivity index (χ4v) is 3.05. The van der Waals surface area contributed by atoms with Gasteiger partial charge in [-0.1, -0.05) is 0 Å². The molecule has 0 radical (unpaired) electrons. The van der Waals surface area contributed by atoms with Gasteiger partial charge < -0.3 is 50.3 Å². The molecule has 14 heteroatoms. The Morgan fingerprint density at radius 1 is 0.615 bits per heavy atom. The third-order valence-electron chi connectivity index (χ3n) is 4.06. The summed E-state index contributed by atoms with van der Waals surface area (Å²) in [6.45, 7) is -1.15. The number of hydrogen-bond acceptors (Lipinski definition) is 13. The maximum Gasteiger partial charge on any atom is 0.697 e. The second-order valence-corrected chi connectivity index (χ2v) is 6.85. The van der Waals surface area contributed by atoms with Crippen molar-refractivity contribution < 1.29 is 63.9 Å². The first kappa shape index (κ1) is 21.9. The van der Waals surface area contributed by atoms with Crippen LogP contribution in [0.3, 0.4) is 0 Å². The predicted octanol–water partition coefficient (Wildman–Crippen LogP) is -4.72. The van der Waals surface area contributed by atoms with Gasteiger partial charge in [-0.15, -0.1) is 9.05 Å². The van der Waals surface area contributed by atoms with Crippen molar-refractivity contribution in [3.63, 3.8) is 0 Å². The van der Waals surface area contributed by atoms with E-state index in [1.165, 1.54) is 0 Å². The van der Waals surface area contributed by atoms with Crippen molar-refractivity contribution in [1.29, 1.82) is 0 Å². The van der Waals surface area contributed by atoms with Crippen molar-refractivity contribution in [1.82, 2.24) is 0 Å². The largest absolute Gasteiger partial charge is 0.697 e. The van der Waals surface area contributed by atoms with E-state index >= 15 is 0 Å². The van der Waals surface area contributed by atoms with E-state index < -0.39 is 82.9 Å². The summed E-state index contributed by atoms with van der Waals surface area (Å²) in [5, 5.41) is 75.8. The third kappa shape index (κ3) is 4.91. The van der Waals surface area contributed by atoms with E-state index in [9.17, 15) is 45.4 Å². The predicted molar refractivity (Wildman–Crippen MR) is 77.3 cm³/mol. The Morgan fingerprint density at radius 3 is 1.31 bits per heavy atom. The molecule has 0 amide bonds. The van der Waals surface area contributed by atoms with E-state index in [0.29, 0.717) is 0 Å². The van der Waals surface area contributed by atoms with Crippen molar-refractivity contribution in [2.75, 3.05) is 13.2 Å². The minimum atomic E-state index is -2.83. The minimum Gasteiger partial charge on any atom is -0.387 e. The molecule has 0 aromatic carbocycles. The van der Waals surface area contributed by atoms with Gasteiger partial charge in [0.25, 0.3) is 0 Å². The zero-order valence-corrected chi connectivity index (χ0v) is 14.1. The summed E-state index contributed by atoms with van der Waals surface area (Å²) in [5.41, 5.74) is 0. The highest BCUT2D eigenvalue weighted by Gasteiger charge is 2.46. The lowest BCUT2D eigenvalue weighted by Crippen LogP contribution is -2.58. The Labute approximate surface area is 147 Å². The molecule has 10 atom stereocenters. The summed E-state index contributed by atoms with van der Waals surface area (Å²) >= 11 is 0. The zero-order chi connectivity index (χ0) is 19.6. The van der Waals surface area contributed by atoms with Gasteiger partial charge in [0, 0.05) is 4.57 Å². The van der Waals surface area contributed by atoms with Crippen LogP contribution in [0.4, 0.5) is 0 Å². The van der Waals surface area contributed by atoms with Gasteiger partial charge in [-0.25, -0.2) is 0 Å². The molecule has 0 aromatic heterocycles. The molecule has 13 nitrogen and oxygen atoms in total. The number of aliphatic hydroxyl groups is 8. The smallest absolute Gasteiger partial charge is 0.387 e. The van der Waals surface area contributed by atoms with Crippen LogP contribution in [0.2, 0.25) is 0 Å². The fourth-order valence-electron chi connectivity index (χ4n) is 2.44. The van der Waals surface area contributed by atoms with Crippen LogP contribution in [0.15, 0.2) is 0 Å². The molecule has 0 aromatic rings. The van der Waals surface area contributed by atoms with E-state index in [1.807, 2.05) is 0 Å². The average molecular weight is 405 g/mol. The molecule has 0 saturated carbocycles. The summed E-state index contributed by atoms with van der Waals surface area (Å²) in [6, 6.07) is 0. The van der Waals surface area contributed by atoms with E-state index in [4.69, 9.17) is 18.5 Å². The molecule has 2 saturated heterocycles. The Kier molecular flexibility index (Phi) is 7.76. The third-order valence-corrected chi connectivity index (χ3v) is 4.78. The highest BCUT2D eigenvalue weighted by atomic mass is 31.1. The van der Waals surface area contributed by atoms with Gasteiger partial charge in [-0.05, 0) is 0 Å². The summed E-state index contributed by atoms with van der Waals surface area (Å²) in [5.74, 6) is 0. The molecule has 2 rings (SSSR count). The van der Waals surface area contributed by atoms with Gasteiger partial charge in [-0.3, -0.25) is 0 Å². The second kappa shape index (κ2) is 9.21. The lowest BCUT2D eigenvalue weighted by Gasteiger charge is -2.37. The Balaban J connectivity index is 1.77. The standard InChI is InChI=1S/C12H22O13P/c13-5-3(24-11(19)9(17)7(5)15)1-22-26(21)23-2-4-6(14)8(16)10(18)12(20)25-4/h3-20H,1-2H2/q+1/t3-,4-,5+,6+,7+,8+,9-,10-,11?,12?/m1/s1. The average Bonchev–Trinajstić information content (AvgIpc) is 2.61. The normalized spacial score (nSPS) is 47.6. The van der Waals surface area contributed by atoms with Crippen LogP contribution in [-0.4, -0.2) is 115 Å². The molecule has 2 aliphatic rings. The summed E-state index contributed by atoms with van der Waals surface area (Å²) in [4.78, 5) is 0. The van der Waals surface area contributed by atoms with E-state index in [-0.39, 0.29) is 0 Å². The van der Waals surface area contributed by atoms with Gasteiger partial charge in [-0.2, -0.15) is 0 Å². The van der Waals surface area contributed by atoms with Crippen LogP contribution < -0.4 is 0 Å². The van der Waals surface area contributed by atoms with E-state index in [1.54, 1.807) is 0 Å². The second-order valence-electron chi connectivity index (χ2n) is 5.89. The Hall–Kier alpha value is -0.380. The van der Waals surface area contributed by atoms with Crippen LogP contribution in [0.5, 0.6) is 0 Å². The van der Waals surface area contributed by atoms with Crippen molar-refractivity contribution in [3.05, 3.63) is 0 Å². The van der Waals surface area contributed by atoms with Crippen molar-refractivity contribution in [2.24, 2.45) is 0 Å². The first-order chi connectivity index (χ1) is 12.1. The van der Waals surface area contributed by atoms with Crippen molar-refractivity contribution in [2.45, 2.75) is 61.4 Å². The number of rotatable bonds is 6. The summed E-state index contributed by atoms with van der Waals surface area (Å²) < 4.78 is 30.8. The van der Waals surface area contributed by atoms with Crippen LogP contribution in [0.1, 0.15) is 0 Å². The van der Waals surface area contributed by atoms with Crippen LogP contribution >= 0.6 is 8.25 Å². The molecule has 2 heterocycles. The van der Waals surface area contributed by atoms with Gasteiger partial charge in [0.15, 0.2) is 12.6 Å². The zero-order valence-electron chi connectivity index (χ0n) is 13.3. The molecule has 0 aliphatic carbocycles. The van der Waals surface area contributed by atoms with Crippen molar-refractivity contribution >= 4 is 8.25 Å². The van der Waals surface area contributed by atoms with Gasteiger partial charge in [0.2, 0.25) is 0 Å². The molecule has 2 fully saturated rings. The topological polar surface area (TPSA) is 216 Å². The SMILES string of the molecule is O=[P+](OC[C@H]1OC(O)[C@H](O)[C@@H](O)[C@H]1O)OC[C@H]1OC(O)[C@H](O)[C@@H](O)[C@H]1O. The monoisotopic (exact) mass is 405 g/mol. The number of ether oxygens (including phenoxy) is 2. The van der Waals surface area contributed by atoms with Gasteiger partial charge >= 0.3 is 8.25 Å². The van der Waals surface area contributed by atoms with Crippen molar-refractivity contribution in [3.8, 4) is 0 Å².